The SMILES string of the molecule is C#CCCCCCC(=C=CC(C#CCCCCC)(CC#CCCCC)C(CC#CCCC)(CCCCC#C)C(C#CCCCC)(CCCC#C)C(C#CC(C)C)(CC#CCC)C(C#CCC)(C#CCCC)CC#CC)C#CCCCCCC. The zero-order chi connectivity index (χ0) is 61.5. The van der Waals surface area contributed by atoms with E-state index in [1.54, 1.807) is 0 Å². The van der Waals surface area contributed by atoms with E-state index in [0.717, 1.165) is 140 Å². The maximum atomic E-state index is 6.43. The highest BCUT2D eigenvalue weighted by Crippen LogP contribution is 2.72. The summed E-state index contributed by atoms with van der Waals surface area (Å²) in [7, 11) is 0. The summed E-state index contributed by atoms with van der Waals surface area (Å²) >= 11 is 0. The normalized spacial score (nSPS) is 13.4. The molecule has 0 radical (unpaired) electrons. The summed E-state index contributed by atoms with van der Waals surface area (Å²) in [6, 6.07) is 0. The molecule has 83 heavy (non-hydrogen) atoms. The summed E-state index contributed by atoms with van der Waals surface area (Å²) in [6.07, 6.45) is 50.8. The van der Waals surface area contributed by atoms with Gasteiger partial charge in [-0.3, -0.25) is 0 Å². The lowest BCUT2D eigenvalue weighted by molar-refractivity contribution is -0.101. The molecule has 0 aromatic heterocycles. The fourth-order valence-corrected chi connectivity index (χ4v) is 10.9. The van der Waals surface area contributed by atoms with E-state index in [4.69, 9.17) is 19.3 Å². The summed E-state index contributed by atoms with van der Waals surface area (Å²) in [6.45, 7) is 23.9. The Labute approximate surface area is 516 Å². The molecule has 0 spiro atoms. The molecule has 444 valence electrons. The quantitative estimate of drug-likeness (QED) is 0.0342. The number of hydrogen-bond acceptors (Lipinski definition) is 0. The van der Waals surface area contributed by atoms with Crippen LogP contribution < -0.4 is 0 Å². The number of unbranched alkanes of at least 4 members (excludes halogenated alkanes) is 19. The molecular weight excluding hydrogens is 997 g/mol. The van der Waals surface area contributed by atoms with Gasteiger partial charge in [0.15, 0.2) is 0 Å². The minimum absolute atomic E-state index is 0.0175. The zero-order valence-corrected chi connectivity index (χ0v) is 55.0. The first-order valence-corrected chi connectivity index (χ1v) is 33.1. The summed E-state index contributed by atoms with van der Waals surface area (Å²) in [5.74, 6) is 86.5. The molecule has 0 aromatic carbocycles. The van der Waals surface area contributed by atoms with Crippen molar-refractivity contribution >= 4 is 0 Å². The molecule has 5 unspecified atom stereocenters. The fraction of sp³-hybridized carbons (Fsp3) is 0.651. The average Bonchev–Trinajstić information content (AvgIpc) is 3.68. The first-order chi connectivity index (χ1) is 40.5. The molecule has 0 nitrogen and oxygen atoms in total. The van der Waals surface area contributed by atoms with Crippen molar-refractivity contribution < 1.29 is 0 Å². The lowest BCUT2D eigenvalue weighted by Gasteiger charge is -2.63. The zero-order valence-electron chi connectivity index (χ0n) is 55.0. The van der Waals surface area contributed by atoms with Crippen LogP contribution in [0.5, 0.6) is 0 Å². The smallest absolute Gasteiger partial charge is 0.120 e. The second-order valence-corrected chi connectivity index (χ2v) is 22.6. The van der Waals surface area contributed by atoms with E-state index < -0.39 is 27.1 Å². The standard InChI is InChI=1S/C83H112/c1-15-27-39-46-48-52-62-78(61-51-47-40-28-16-2)64-75-80(68-56-49-41-29-17-3,69-57-50-42-30-18-4)81(71-58-43-31-19-5,72-59-44-32-20-6)83(73-55-36-24-10,74-60-45-33-21-7)82(70-54-35-23-9,76-63-77(13)14)79(65-37-25-11,66-38-26-12)67-53-34-22-8/h2,5,10,75,77H,15,17-18,20-23,25,27-34,36,39-43,45-49,51,55,58,61,66,69-73H2,1,3-4,6-9,11-14H3. The Morgan fingerprint density at radius 2 is 0.928 bits per heavy atom. The highest BCUT2D eigenvalue weighted by atomic mass is 14.7. The lowest BCUT2D eigenvalue weighted by atomic mass is 9.35. The van der Waals surface area contributed by atoms with Crippen molar-refractivity contribution in [3.05, 3.63) is 17.4 Å². The van der Waals surface area contributed by atoms with Gasteiger partial charge in [-0.15, -0.1) is 114 Å². The second kappa shape index (κ2) is 50.3. The van der Waals surface area contributed by atoms with E-state index in [0.29, 0.717) is 83.5 Å². The Hall–Kier alpha value is -6.20. The molecule has 5 atom stereocenters. The Bertz CT molecular complexity index is 2710. The summed E-state index contributed by atoms with van der Waals surface area (Å²) in [5.41, 5.74) is -0.452. The van der Waals surface area contributed by atoms with Crippen LogP contribution in [0.25, 0.3) is 0 Å². The summed E-state index contributed by atoms with van der Waals surface area (Å²) in [5, 5.41) is 0. The number of rotatable bonds is 34. The third kappa shape index (κ3) is 27.8. The van der Waals surface area contributed by atoms with Crippen LogP contribution in [0.4, 0.5) is 0 Å². The molecule has 0 amide bonds. The average molecular weight is 1110 g/mol. The van der Waals surface area contributed by atoms with Gasteiger partial charge in [0.2, 0.25) is 0 Å². The molecule has 0 aromatic rings. The molecule has 0 saturated carbocycles. The van der Waals surface area contributed by atoms with E-state index in [-0.39, 0.29) is 5.92 Å². The molecule has 0 N–H and O–H groups in total. The monoisotopic (exact) mass is 1110 g/mol. The van der Waals surface area contributed by atoms with Crippen LogP contribution in [0.15, 0.2) is 17.4 Å². The van der Waals surface area contributed by atoms with Gasteiger partial charge in [-0.05, 0) is 96.5 Å². The van der Waals surface area contributed by atoms with Crippen molar-refractivity contribution in [1.82, 2.24) is 0 Å². The van der Waals surface area contributed by atoms with Gasteiger partial charge in [-0.1, -0.05) is 174 Å². The van der Waals surface area contributed by atoms with Crippen molar-refractivity contribution in [3.8, 4) is 155 Å². The van der Waals surface area contributed by atoms with Crippen LogP contribution in [0.1, 0.15) is 314 Å². The first-order valence-electron chi connectivity index (χ1n) is 33.1. The van der Waals surface area contributed by atoms with Crippen molar-refractivity contribution in [2.24, 2.45) is 33.0 Å². The number of allylic oxidation sites excluding steroid dienone is 1. The van der Waals surface area contributed by atoms with E-state index >= 15 is 0 Å². The number of terminal acetylenes is 3. The van der Waals surface area contributed by atoms with Gasteiger partial charge in [0.05, 0.1) is 16.2 Å². The minimum Gasteiger partial charge on any atom is -0.120 e. The Morgan fingerprint density at radius 3 is 1.58 bits per heavy atom. The van der Waals surface area contributed by atoms with Crippen LogP contribution in [-0.4, -0.2) is 0 Å². The van der Waals surface area contributed by atoms with Crippen LogP contribution in [0.3, 0.4) is 0 Å². The molecular formula is C83H112. The van der Waals surface area contributed by atoms with Gasteiger partial charge < -0.3 is 0 Å². The van der Waals surface area contributed by atoms with Crippen molar-refractivity contribution in [3.63, 3.8) is 0 Å². The molecule has 0 aliphatic rings. The van der Waals surface area contributed by atoms with Gasteiger partial charge in [0.1, 0.15) is 5.41 Å². The maximum absolute atomic E-state index is 6.43. The van der Waals surface area contributed by atoms with Crippen LogP contribution in [0, 0.1) is 188 Å². The van der Waals surface area contributed by atoms with Gasteiger partial charge in [-0.25, -0.2) is 0 Å². The molecule has 0 fully saturated rings. The summed E-state index contributed by atoms with van der Waals surface area (Å²) in [4.78, 5) is 0. The van der Waals surface area contributed by atoms with Crippen LogP contribution in [0.2, 0.25) is 0 Å². The van der Waals surface area contributed by atoms with E-state index in [1.807, 2.05) is 6.92 Å². The highest BCUT2D eigenvalue weighted by Gasteiger charge is 2.72. The van der Waals surface area contributed by atoms with Gasteiger partial charge in [-0.2, -0.15) is 0 Å². The Morgan fingerprint density at radius 1 is 0.398 bits per heavy atom. The van der Waals surface area contributed by atoms with E-state index in [2.05, 4.69) is 217 Å². The molecule has 0 rings (SSSR count). The highest BCUT2D eigenvalue weighted by molar-refractivity contribution is 5.50. The third-order valence-corrected chi connectivity index (χ3v) is 15.4. The molecule has 0 bridgehead atoms. The lowest BCUT2D eigenvalue weighted by Crippen LogP contribution is -2.64. The predicted molar refractivity (Wildman–Crippen MR) is 365 cm³/mol. The molecule has 0 aliphatic heterocycles. The topological polar surface area (TPSA) is 0 Å². The Kier molecular flexibility index (Phi) is 46.6. The number of hydrogen-bond donors (Lipinski definition) is 0. The van der Waals surface area contributed by atoms with E-state index in [9.17, 15) is 0 Å². The van der Waals surface area contributed by atoms with Gasteiger partial charge >= 0.3 is 0 Å². The third-order valence-electron chi connectivity index (χ3n) is 15.4. The van der Waals surface area contributed by atoms with E-state index in [1.165, 1.54) is 19.3 Å². The fourth-order valence-electron chi connectivity index (χ4n) is 10.9. The first kappa shape index (κ1) is 76.8. The predicted octanol–water partition coefficient (Wildman–Crippen LogP) is 21.2. The Balaban J connectivity index is 11.8. The van der Waals surface area contributed by atoms with Crippen LogP contribution in [-0.2, 0) is 0 Å². The molecule has 0 heteroatoms. The molecule has 0 aliphatic carbocycles. The molecule has 0 saturated heterocycles. The van der Waals surface area contributed by atoms with Crippen molar-refractivity contribution in [2.45, 2.75) is 314 Å². The van der Waals surface area contributed by atoms with Crippen molar-refractivity contribution in [1.29, 1.82) is 0 Å². The van der Waals surface area contributed by atoms with Gasteiger partial charge in [0, 0.05) is 113 Å². The second-order valence-electron chi connectivity index (χ2n) is 22.6. The largest absolute Gasteiger partial charge is 0.121 e. The van der Waals surface area contributed by atoms with Crippen molar-refractivity contribution in [2.75, 3.05) is 0 Å². The summed E-state index contributed by atoms with van der Waals surface area (Å²) < 4.78 is 0. The van der Waals surface area contributed by atoms with Crippen LogP contribution >= 0.6 is 0 Å². The molecule has 0 heterocycles. The van der Waals surface area contributed by atoms with Gasteiger partial charge in [0.25, 0.3) is 0 Å². The maximum Gasteiger partial charge on any atom is 0.121 e. The minimum atomic E-state index is -1.20.